The molecule has 0 saturated carbocycles. The fourth-order valence-corrected chi connectivity index (χ4v) is 4.32. The van der Waals surface area contributed by atoms with Gasteiger partial charge in [0.15, 0.2) is 0 Å². The molecule has 7 heteroatoms. The molecule has 5 nitrogen and oxygen atoms in total. The van der Waals surface area contributed by atoms with Gasteiger partial charge in [-0.3, -0.25) is 9.36 Å². The van der Waals surface area contributed by atoms with E-state index in [4.69, 9.17) is 9.26 Å². The van der Waals surface area contributed by atoms with E-state index in [1.54, 1.807) is 65.0 Å². The summed E-state index contributed by atoms with van der Waals surface area (Å²) < 4.78 is 38.7. The molecular weight excluding hydrogens is 332 g/mol. The third kappa shape index (κ3) is 5.91. The van der Waals surface area contributed by atoms with Gasteiger partial charge in [-0.1, -0.05) is 39.0 Å². The van der Waals surface area contributed by atoms with Crippen molar-refractivity contribution in [3.63, 3.8) is 0 Å². The Morgan fingerprint density at radius 3 is 2.17 bits per heavy atom. The van der Waals surface area contributed by atoms with Gasteiger partial charge in [0, 0.05) is 5.41 Å². The first-order valence-corrected chi connectivity index (χ1v) is 9.62. The van der Waals surface area contributed by atoms with E-state index in [0.717, 1.165) is 0 Å². The predicted octanol–water partition coefficient (Wildman–Crippen LogP) is 4.53. The average molecular weight is 359 g/mol. The Hall–Kier alpha value is -1.39. The van der Waals surface area contributed by atoms with Crippen molar-refractivity contribution in [2.45, 2.75) is 59.6 Å². The molecule has 1 aromatic rings. The summed E-state index contributed by atoms with van der Waals surface area (Å²) in [6, 6.07) is 7.36. The number of ether oxygens (including phenoxy) is 1. The molecule has 2 unspecified atom stereocenters. The first-order valence-electron chi connectivity index (χ1n) is 7.92. The molecule has 0 heterocycles. The van der Waals surface area contributed by atoms with Crippen molar-refractivity contribution in [2.24, 2.45) is 5.41 Å². The van der Waals surface area contributed by atoms with Crippen LogP contribution in [0.3, 0.4) is 0 Å². The zero-order valence-electron chi connectivity index (χ0n) is 15.1. The van der Waals surface area contributed by atoms with Crippen molar-refractivity contribution in [2.75, 3.05) is 0 Å². The molecule has 0 aliphatic rings. The average Bonchev–Trinajstić information content (AvgIpc) is 2.45. The zero-order valence-corrected chi connectivity index (χ0v) is 16.0. The van der Waals surface area contributed by atoms with E-state index in [1.807, 2.05) is 0 Å². The first kappa shape index (κ1) is 20.7. The summed E-state index contributed by atoms with van der Waals surface area (Å²) in [7, 11) is -4.02. The summed E-state index contributed by atoms with van der Waals surface area (Å²) >= 11 is 0. The van der Waals surface area contributed by atoms with Gasteiger partial charge in [0.2, 0.25) is 5.91 Å². The largest absolute Gasteiger partial charge is 0.462 e. The van der Waals surface area contributed by atoms with E-state index < -0.39 is 30.9 Å². The minimum absolute atomic E-state index is 0.268. The Morgan fingerprint density at radius 1 is 1.17 bits per heavy atom. The monoisotopic (exact) mass is 359 g/mol. The summed E-state index contributed by atoms with van der Waals surface area (Å²) in [6.07, 6.45) is -0.319. The molecular formula is C17H27FNO4P. The van der Waals surface area contributed by atoms with Crippen molar-refractivity contribution in [3.8, 4) is 5.75 Å². The lowest BCUT2D eigenvalue weighted by Gasteiger charge is -2.32. The van der Waals surface area contributed by atoms with Gasteiger partial charge in [-0.05, 0) is 32.9 Å². The van der Waals surface area contributed by atoms with Crippen molar-refractivity contribution < 1.29 is 23.0 Å². The lowest BCUT2D eigenvalue weighted by molar-refractivity contribution is -0.149. The summed E-state index contributed by atoms with van der Waals surface area (Å²) in [6.45, 7) is 9.75. The van der Waals surface area contributed by atoms with Gasteiger partial charge in [0.1, 0.15) is 11.8 Å². The van der Waals surface area contributed by atoms with E-state index in [9.17, 15) is 13.8 Å². The molecule has 3 atom stereocenters. The second kappa shape index (κ2) is 8.13. The Morgan fingerprint density at radius 2 is 1.71 bits per heavy atom. The number of halogens is 1. The van der Waals surface area contributed by atoms with Crippen molar-refractivity contribution in [1.29, 1.82) is 0 Å². The molecule has 136 valence electrons. The second-order valence-corrected chi connectivity index (χ2v) is 9.13. The number of nitrogens with one attached hydrogen (secondary N) is 1. The van der Waals surface area contributed by atoms with Crippen LogP contribution in [-0.2, 0) is 14.1 Å². The molecule has 0 aromatic heterocycles. The predicted molar refractivity (Wildman–Crippen MR) is 92.9 cm³/mol. The number of benzene rings is 1. The maximum atomic E-state index is 14.9. The number of carbonyl (C=O) groups is 1. The van der Waals surface area contributed by atoms with E-state index in [0.29, 0.717) is 0 Å². The molecule has 1 aromatic carbocycles. The summed E-state index contributed by atoms with van der Waals surface area (Å²) in [5, 5.41) is 2.54. The third-order valence-electron chi connectivity index (χ3n) is 3.08. The lowest BCUT2D eigenvalue weighted by Crippen LogP contribution is -2.40. The molecule has 1 rings (SSSR count). The summed E-state index contributed by atoms with van der Waals surface area (Å²) in [4.78, 5) is 12.0. The van der Waals surface area contributed by atoms with Gasteiger partial charge in [-0.15, -0.1) is 0 Å². The van der Waals surface area contributed by atoms with Crippen LogP contribution >= 0.6 is 7.52 Å². The zero-order chi connectivity index (χ0) is 18.5. The van der Waals surface area contributed by atoms with Crippen LogP contribution in [0.1, 0.15) is 41.5 Å². The molecule has 1 N–H and O–H groups in total. The van der Waals surface area contributed by atoms with Gasteiger partial charge in [-0.25, -0.2) is 9.48 Å². The van der Waals surface area contributed by atoms with E-state index in [-0.39, 0.29) is 11.9 Å². The Bertz CT molecular complexity index is 586. The molecule has 0 saturated heterocycles. The standard InChI is InChI=1S/C17H27FNO4P/c1-12(2)22-15(20)13(3)19-24(21,16(18)17(4,5)6)23-14-10-8-7-9-11-14/h7-13,16H,1-6H3,(H,19,21)/t13-,16?,24?/m0/s1. The van der Waals surface area contributed by atoms with Crippen molar-refractivity contribution >= 4 is 13.5 Å². The molecule has 0 amide bonds. The number of alkyl halides is 1. The fraction of sp³-hybridized carbons (Fsp3) is 0.588. The highest BCUT2D eigenvalue weighted by Gasteiger charge is 2.46. The van der Waals surface area contributed by atoms with Crippen LogP contribution in [0.2, 0.25) is 0 Å². The van der Waals surface area contributed by atoms with Crippen LogP contribution in [0.15, 0.2) is 30.3 Å². The number of para-hydroxylation sites is 1. The maximum absolute atomic E-state index is 14.9. The summed E-state index contributed by atoms with van der Waals surface area (Å²) in [5.74, 6) is -2.15. The number of esters is 1. The number of hydrogen-bond acceptors (Lipinski definition) is 4. The molecule has 0 aliphatic carbocycles. The lowest BCUT2D eigenvalue weighted by atomic mass is 9.99. The molecule has 24 heavy (non-hydrogen) atoms. The Kier molecular flexibility index (Phi) is 6.99. The minimum atomic E-state index is -4.02. The van der Waals surface area contributed by atoms with Crippen LogP contribution in [0, 0.1) is 5.41 Å². The van der Waals surface area contributed by atoms with Gasteiger partial charge in [0.25, 0.3) is 0 Å². The van der Waals surface area contributed by atoms with Crippen molar-refractivity contribution in [3.05, 3.63) is 30.3 Å². The minimum Gasteiger partial charge on any atom is -0.462 e. The third-order valence-corrected chi connectivity index (χ3v) is 5.68. The Labute approximate surface area is 143 Å². The van der Waals surface area contributed by atoms with Crippen LogP contribution in [0.4, 0.5) is 4.39 Å². The smallest absolute Gasteiger partial charge is 0.351 e. The summed E-state index contributed by atoms with van der Waals surface area (Å²) in [5.41, 5.74) is -0.932. The van der Waals surface area contributed by atoms with Crippen LogP contribution in [0.5, 0.6) is 5.75 Å². The SMILES string of the molecule is CC(C)OC(=O)[C@H](C)NP(=O)(Oc1ccccc1)C(F)C(C)(C)C. The molecule has 0 fully saturated rings. The van der Waals surface area contributed by atoms with E-state index in [1.165, 1.54) is 6.92 Å². The van der Waals surface area contributed by atoms with Crippen LogP contribution in [-0.4, -0.2) is 24.0 Å². The number of rotatable bonds is 7. The van der Waals surface area contributed by atoms with E-state index >= 15 is 0 Å². The second-order valence-electron chi connectivity index (χ2n) is 7.04. The highest BCUT2D eigenvalue weighted by atomic mass is 31.2. The highest BCUT2D eigenvalue weighted by molar-refractivity contribution is 7.58. The Balaban J connectivity index is 3.05. The van der Waals surface area contributed by atoms with Gasteiger partial charge >= 0.3 is 13.5 Å². The fourth-order valence-electron chi connectivity index (χ4n) is 1.94. The topological polar surface area (TPSA) is 64.6 Å². The normalized spacial score (nSPS) is 17.0. The molecule has 0 bridgehead atoms. The van der Waals surface area contributed by atoms with E-state index in [2.05, 4.69) is 5.09 Å². The molecule has 0 radical (unpaired) electrons. The van der Waals surface area contributed by atoms with Gasteiger partial charge in [0.05, 0.1) is 6.10 Å². The molecule has 0 spiro atoms. The van der Waals surface area contributed by atoms with Crippen LogP contribution < -0.4 is 9.61 Å². The first-order chi connectivity index (χ1) is 11.0. The maximum Gasteiger partial charge on any atom is 0.351 e. The van der Waals surface area contributed by atoms with Crippen molar-refractivity contribution in [1.82, 2.24) is 5.09 Å². The van der Waals surface area contributed by atoms with Crippen LogP contribution in [0.25, 0.3) is 0 Å². The highest BCUT2D eigenvalue weighted by Crippen LogP contribution is 2.55. The number of hydrogen-bond donors (Lipinski definition) is 1. The van der Waals surface area contributed by atoms with Gasteiger partial charge in [-0.2, -0.15) is 0 Å². The molecule has 0 aliphatic heterocycles. The number of carbonyl (C=O) groups excluding carboxylic acids is 1. The van der Waals surface area contributed by atoms with Gasteiger partial charge < -0.3 is 9.26 Å². The quantitative estimate of drug-likeness (QED) is 0.572.